The summed E-state index contributed by atoms with van der Waals surface area (Å²) in [5, 5.41) is 1.20. The van der Waals surface area contributed by atoms with Crippen molar-refractivity contribution in [3.63, 3.8) is 0 Å². The monoisotopic (exact) mass is 458 g/mol. The number of fused-ring (bicyclic) bond motifs is 1. The number of carbonyl (C=O) groups excluding carboxylic acids is 1. The molecular formula is C23H27ClN4O4. The van der Waals surface area contributed by atoms with E-state index in [-0.39, 0.29) is 12.3 Å². The zero-order valence-corrected chi connectivity index (χ0v) is 19.3. The lowest BCUT2D eigenvalue weighted by molar-refractivity contribution is -0.133. The Morgan fingerprint density at radius 1 is 1.25 bits per heavy atom. The number of aromatic amines is 1. The number of H-pyrrole nitrogens is 1. The normalized spacial score (nSPS) is 14.8. The first kappa shape index (κ1) is 22.4. The Hall–Kier alpha value is -2.84. The number of aromatic nitrogens is 2. The van der Waals surface area contributed by atoms with Gasteiger partial charge in [-0.1, -0.05) is 11.6 Å². The molecule has 0 radical (unpaired) electrons. The van der Waals surface area contributed by atoms with Crippen LogP contribution in [-0.4, -0.2) is 59.0 Å². The maximum Gasteiger partial charge on any atom is 0.339 e. The van der Waals surface area contributed by atoms with Crippen LogP contribution in [0.5, 0.6) is 5.75 Å². The molecule has 0 spiro atoms. The van der Waals surface area contributed by atoms with Crippen LogP contribution in [-0.2, 0) is 17.8 Å². The van der Waals surface area contributed by atoms with Crippen molar-refractivity contribution in [2.75, 3.05) is 33.3 Å². The van der Waals surface area contributed by atoms with Gasteiger partial charge in [-0.05, 0) is 31.9 Å². The van der Waals surface area contributed by atoms with Gasteiger partial charge in [0.05, 0.1) is 24.2 Å². The number of benzene rings is 1. The highest BCUT2D eigenvalue weighted by molar-refractivity contribution is 6.32. The lowest BCUT2D eigenvalue weighted by Crippen LogP contribution is -2.48. The highest BCUT2D eigenvalue weighted by Crippen LogP contribution is 2.31. The number of hydrogen-bond acceptors (Lipinski definition) is 6. The molecule has 0 bridgehead atoms. The number of carbonyl (C=O) groups is 1. The predicted molar refractivity (Wildman–Crippen MR) is 122 cm³/mol. The van der Waals surface area contributed by atoms with Crippen LogP contribution in [0.2, 0.25) is 5.02 Å². The maximum absolute atomic E-state index is 12.8. The van der Waals surface area contributed by atoms with Crippen LogP contribution in [0.1, 0.15) is 28.9 Å². The molecule has 0 atom stereocenters. The second-order valence-electron chi connectivity index (χ2n) is 8.11. The molecule has 3 heterocycles. The van der Waals surface area contributed by atoms with Crippen molar-refractivity contribution < 1.29 is 13.9 Å². The number of rotatable bonds is 6. The molecule has 1 aromatic carbocycles. The molecule has 32 heavy (non-hydrogen) atoms. The molecule has 3 aromatic rings. The summed E-state index contributed by atoms with van der Waals surface area (Å²) in [5.41, 5.74) is 3.42. The standard InChI is InChI=1S/C23H27ClN4O4/c1-14-16(23(30)32-20-11-21(31-3)18(24)10-17(14)20)4-5-22(29)28-8-6-27(7-9-28)12-19-15(2)25-13-26-19/h10-11,13H,4-9,12H2,1-3H3,(H,25,26). The molecule has 0 aliphatic carbocycles. The van der Waals surface area contributed by atoms with E-state index in [4.69, 9.17) is 20.8 Å². The molecule has 1 aliphatic heterocycles. The van der Waals surface area contributed by atoms with Gasteiger partial charge in [-0.2, -0.15) is 0 Å². The summed E-state index contributed by atoms with van der Waals surface area (Å²) < 4.78 is 10.7. The Bertz CT molecular complexity index is 1190. The highest BCUT2D eigenvalue weighted by atomic mass is 35.5. The van der Waals surface area contributed by atoms with E-state index in [1.165, 1.54) is 7.11 Å². The number of nitrogens with zero attached hydrogens (tertiary/aromatic N) is 3. The lowest BCUT2D eigenvalue weighted by Gasteiger charge is -2.34. The Morgan fingerprint density at radius 3 is 2.66 bits per heavy atom. The number of halogens is 1. The molecule has 8 nitrogen and oxygen atoms in total. The minimum absolute atomic E-state index is 0.0484. The van der Waals surface area contributed by atoms with E-state index in [0.29, 0.717) is 41.4 Å². The van der Waals surface area contributed by atoms with Crippen molar-refractivity contribution >= 4 is 28.5 Å². The number of ether oxygens (including phenoxy) is 1. The van der Waals surface area contributed by atoms with Gasteiger partial charge in [0.1, 0.15) is 11.3 Å². The van der Waals surface area contributed by atoms with Gasteiger partial charge in [0, 0.05) is 61.9 Å². The van der Waals surface area contributed by atoms with Crippen molar-refractivity contribution in [2.45, 2.75) is 33.2 Å². The summed E-state index contributed by atoms with van der Waals surface area (Å²) in [4.78, 5) is 37.0. The third-order valence-electron chi connectivity index (χ3n) is 6.18. The van der Waals surface area contributed by atoms with Crippen molar-refractivity contribution in [3.8, 4) is 5.75 Å². The van der Waals surface area contributed by atoms with E-state index in [9.17, 15) is 9.59 Å². The van der Waals surface area contributed by atoms with Crippen LogP contribution in [0.4, 0.5) is 0 Å². The molecule has 2 aromatic heterocycles. The fraction of sp³-hybridized carbons (Fsp3) is 0.435. The topological polar surface area (TPSA) is 91.7 Å². The molecule has 1 saturated heterocycles. The Kier molecular flexibility index (Phi) is 6.53. The predicted octanol–water partition coefficient (Wildman–Crippen LogP) is 3.07. The van der Waals surface area contributed by atoms with Crippen LogP contribution in [0.3, 0.4) is 0 Å². The van der Waals surface area contributed by atoms with Gasteiger partial charge in [-0.3, -0.25) is 9.69 Å². The van der Waals surface area contributed by atoms with Gasteiger partial charge in [0.15, 0.2) is 0 Å². The first-order valence-electron chi connectivity index (χ1n) is 10.7. The molecule has 1 N–H and O–H groups in total. The molecule has 9 heteroatoms. The summed E-state index contributed by atoms with van der Waals surface area (Å²) in [5.74, 6) is 0.499. The van der Waals surface area contributed by atoms with Crippen LogP contribution < -0.4 is 10.4 Å². The number of imidazole rings is 1. The zero-order valence-electron chi connectivity index (χ0n) is 18.5. The quantitative estimate of drug-likeness (QED) is 0.571. The minimum Gasteiger partial charge on any atom is -0.495 e. The minimum atomic E-state index is -0.425. The smallest absolute Gasteiger partial charge is 0.339 e. The van der Waals surface area contributed by atoms with Crippen LogP contribution in [0.15, 0.2) is 27.7 Å². The van der Waals surface area contributed by atoms with Crippen LogP contribution in [0.25, 0.3) is 11.0 Å². The Balaban J connectivity index is 1.39. The SMILES string of the molecule is COc1cc2oc(=O)c(CCC(=O)N3CCN(Cc4nc[nH]c4C)CC3)c(C)c2cc1Cl. The fourth-order valence-electron chi connectivity index (χ4n) is 4.14. The zero-order chi connectivity index (χ0) is 22.8. The van der Waals surface area contributed by atoms with E-state index in [1.54, 1.807) is 18.5 Å². The summed E-state index contributed by atoms with van der Waals surface area (Å²) in [6.45, 7) is 7.59. The number of nitrogens with one attached hydrogen (secondary N) is 1. The Morgan fingerprint density at radius 2 is 2.00 bits per heavy atom. The van der Waals surface area contributed by atoms with Gasteiger partial charge in [0.25, 0.3) is 0 Å². The Labute approximate surface area is 191 Å². The van der Waals surface area contributed by atoms with E-state index in [1.807, 2.05) is 18.7 Å². The molecule has 1 aliphatic rings. The van der Waals surface area contributed by atoms with Crippen LogP contribution >= 0.6 is 11.6 Å². The van der Waals surface area contributed by atoms with Crippen molar-refractivity contribution in [1.82, 2.24) is 19.8 Å². The molecule has 0 unspecified atom stereocenters. The second kappa shape index (κ2) is 9.34. The highest BCUT2D eigenvalue weighted by Gasteiger charge is 2.23. The maximum atomic E-state index is 12.8. The molecule has 4 rings (SSSR count). The number of hydrogen-bond donors (Lipinski definition) is 1. The number of aryl methyl sites for hydroxylation is 2. The molecule has 1 amide bonds. The summed E-state index contributed by atoms with van der Waals surface area (Å²) >= 11 is 6.25. The van der Waals surface area contributed by atoms with Gasteiger partial charge >= 0.3 is 5.63 Å². The fourth-order valence-corrected chi connectivity index (χ4v) is 4.38. The summed E-state index contributed by atoms with van der Waals surface area (Å²) in [7, 11) is 1.51. The average Bonchev–Trinajstić information content (AvgIpc) is 3.18. The number of piperazine rings is 1. The van der Waals surface area contributed by atoms with Crippen molar-refractivity contribution in [1.29, 1.82) is 0 Å². The largest absolute Gasteiger partial charge is 0.495 e. The number of amides is 1. The molecular weight excluding hydrogens is 432 g/mol. The average molecular weight is 459 g/mol. The second-order valence-corrected chi connectivity index (χ2v) is 8.51. The van der Waals surface area contributed by atoms with Gasteiger partial charge in [-0.25, -0.2) is 9.78 Å². The third-order valence-corrected chi connectivity index (χ3v) is 6.48. The van der Waals surface area contributed by atoms with E-state index >= 15 is 0 Å². The number of methoxy groups -OCH3 is 1. The van der Waals surface area contributed by atoms with Gasteiger partial charge in [-0.15, -0.1) is 0 Å². The third kappa shape index (κ3) is 4.52. The van der Waals surface area contributed by atoms with E-state index < -0.39 is 5.63 Å². The van der Waals surface area contributed by atoms with Gasteiger partial charge < -0.3 is 19.0 Å². The van der Waals surface area contributed by atoms with E-state index in [0.717, 1.165) is 42.0 Å². The molecule has 170 valence electrons. The van der Waals surface area contributed by atoms with E-state index in [2.05, 4.69) is 14.9 Å². The summed E-state index contributed by atoms with van der Waals surface area (Å²) in [6, 6.07) is 3.35. The van der Waals surface area contributed by atoms with Crippen molar-refractivity contribution in [3.05, 3.63) is 56.4 Å². The first-order chi connectivity index (χ1) is 15.4. The molecule has 0 saturated carbocycles. The molecule has 1 fully saturated rings. The van der Waals surface area contributed by atoms with Crippen molar-refractivity contribution in [2.24, 2.45) is 0 Å². The summed E-state index contributed by atoms with van der Waals surface area (Å²) in [6.07, 6.45) is 2.30. The van der Waals surface area contributed by atoms with Crippen LogP contribution in [0, 0.1) is 13.8 Å². The van der Waals surface area contributed by atoms with Gasteiger partial charge in [0.2, 0.25) is 5.91 Å². The first-order valence-corrected chi connectivity index (χ1v) is 11.0. The lowest BCUT2D eigenvalue weighted by atomic mass is 10.0.